The van der Waals surface area contributed by atoms with Gasteiger partial charge in [-0.3, -0.25) is 9.59 Å². The molecule has 3 rings (SSSR count). The van der Waals surface area contributed by atoms with Crippen LogP contribution in [0.1, 0.15) is 28.1 Å². The highest BCUT2D eigenvalue weighted by molar-refractivity contribution is 7.15. The second-order valence-electron chi connectivity index (χ2n) is 7.41. The summed E-state index contributed by atoms with van der Waals surface area (Å²) in [7, 11) is 0. The largest absolute Gasteiger partial charge is 0.381 e. The van der Waals surface area contributed by atoms with Gasteiger partial charge in [0.1, 0.15) is 5.56 Å². The van der Waals surface area contributed by atoms with Crippen LogP contribution < -0.4 is 22.2 Å². The topological polar surface area (TPSA) is 112 Å². The van der Waals surface area contributed by atoms with Gasteiger partial charge in [-0.15, -0.1) is 22.9 Å². The lowest BCUT2D eigenvalue weighted by molar-refractivity contribution is 0.0611. The molecule has 1 aliphatic heterocycles. The average Bonchev–Trinajstić information content (AvgIpc) is 3.14. The number of alkyl halides is 1. The predicted octanol–water partition coefficient (Wildman–Crippen LogP) is 2.41. The summed E-state index contributed by atoms with van der Waals surface area (Å²) >= 11 is 7.19. The Bertz CT molecular complexity index is 963. The van der Waals surface area contributed by atoms with Crippen LogP contribution in [0.3, 0.4) is 0 Å². The molecular weight excluding hydrogens is 424 g/mol. The van der Waals surface area contributed by atoms with E-state index in [1.165, 1.54) is 23.5 Å². The number of carbonyl (C=O) groups excluding carboxylic acids is 1. The number of aryl methyl sites for hydroxylation is 1. The Hall–Kier alpha value is -1.97. The van der Waals surface area contributed by atoms with Crippen LogP contribution in [0.25, 0.3) is 10.4 Å². The molecule has 1 amide bonds. The number of aromatic nitrogens is 1. The molecule has 162 valence electrons. The Morgan fingerprint density at radius 2 is 2.07 bits per heavy atom. The molecule has 1 fully saturated rings. The molecule has 0 aromatic carbocycles. The zero-order valence-corrected chi connectivity index (χ0v) is 18.4. The first kappa shape index (κ1) is 22.7. The molecule has 2 aromatic rings. The Morgan fingerprint density at radius 1 is 1.33 bits per heavy atom. The van der Waals surface area contributed by atoms with E-state index in [1.807, 2.05) is 29.8 Å². The van der Waals surface area contributed by atoms with E-state index in [1.54, 1.807) is 6.20 Å². The lowest BCUT2D eigenvalue weighted by Gasteiger charge is -2.23. The van der Waals surface area contributed by atoms with Crippen molar-refractivity contribution < 1.29 is 9.53 Å². The van der Waals surface area contributed by atoms with Gasteiger partial charge >= 0.3 is 0 Å². The zero-order chi connectivity index (χ0) is 21.7. The van der Waals surface area contributed by atoms with Crippen molar-refractivity contribution in [3.63, 3.8) is 0 Å². The minimum absolute atomic E-state index is 0.0598. The van der Waals surface area contributed by atoms with E-state index < -0.39 is 17.6 Å². The smallest absolute Gasteiger partial charge is 0.258 e. The number of nitrogens with two attached hydrogens (primary N) is 2. The van der Waals surface area contributed by atoms with Crippen molar-refractivity contribution in [2.75, 3.05) is 13.2 Å². The van der Waals surface area contributed by atoms with Crippen LogP contribution in [0.2, 0.25) is 0 Å². The fourth-order valence-corrected chi connectivity index (χ4v) is 4.34. The number of amides is 1. The number of nitrogens with zero attached hydrogens (tertiary/aromatic N) is 1. The van der Waals surface area contributed by atoms with E-state index in [9.17, 15) is 9.59 Å². The third kappa shape index (κ3) is 6.02. The molecule has 0 saturated carbocycles. The standard InChI is InChI=1S/C21H27ClN4O3S/c1-13-2-3-17(30-13)15-11-26(10-14-6-8-29-9-7-14)12-16(20(15)27)21(28)25-19(24)5-4-18(22)23/h2-5,11-12,14,18-19H,6-10,23-24H2,1H3,(H,25,28)/b5-4-. The predicted molar refractivity (Wildman–Crippen MR) is 121 cm³/mol. The second kappa shape index (κ2) is 10.4. The van der Waals surface area contributed by atoms with Gasteiger partial charge in [-0.1, -0.05) is 6.08 Å². The SMILES string of the molecule is Cc1ccc(-c2cn(CC3CCOCC3)cc(C(=O)NC(N)/C=C\C(N)Cl)c2=O)s1. The Kier molecular flexibility index (Phi) is 7.85. The molecule has 0 bridgehead atoms. The first-order valence-corrected chi connectivity index (χ1v) is 11.1. The summed E-state index contributed by atoms with van der Waals surface area (Å²) in [6.07, 6.45) is 7.51. The Morgan fingerprint density at radius 3 is 2.70 bits per heavy atom. The molecule has 7 nitrogen and oxygen atoms in total. The van der Waals surface area contributed by atoms with Crippen LogP contribution in [-0.2, 0) is 11.3 Å². The van der Waals surface area contributed by atoms with Crippen LogP contribution in [0.5, 0.6) is 0 Å². The number of rotatable bonds is 7. The molecule has 5 N–H and O–H groups in total. The van der Waals surface area contributed by atoms with Crippen molar-refractivity contribution in [2.45, 2.75) is 38.0 Å². The van der Waals surface area contributed by atoms with E-state index in [2.05, 4.69) is 5.32 Å². The molecule has 2 aromatic heterocycles. The van der Waals surface area contributed by atoms with Crippen molar-refractivity contribution in [2.24, 2.45) is 17.4 Å². The van der Waals surface area contributed by atoms with Crippen LogP contribution in [-0.4, -0.2) is 35.4 Å². The van der Waals surface area contributed by atoms with Crippen molar-refractivity contribution in [3.05, 3.63) is 57.3 Å². The summed E-state index contributed by atoms with van der Waals surface area (Å²) < 4.78 is 7.37. The van der Waals surface area contributed by atoms with Crippen molar-refractivity contribution in [1.82, 2.24) is 9.88 Å². The third-order valence-electron chi connectivity index (χ3n) is 4.94. The van der Waals surface area contributed by atoms with E-state index >= 15 is 0 Å². The summed E-state index contributed by atoms with van der Waals surface area (Å²) in [5.41, 5.74) is 10.9. The summed E-state index contributed by atoms with van der Waals surface area (Å²) in [4.78, 5) is 27.9. The number of hydrogen-bond acceptors (Lipinski definition) is 6. The normalized spacial score (nSPS) is 17.2. The minimum Gasteiger partial charge on any atom is -0.381 e. The molecule has 2 unspecified atom stereocenters. The lowest BCUT2D eigenvalue weighted by Crippen LogP contribution is -2.42. The first-order valence-electron chi connectivity index (χ1n) is 9.86. The number of carbonyl (C=O) groups is 1. The fraction of sp³-hybridized carbons (Fsp3) is 0.429. The maximum atomic E-state index is 13.1. The maximum Gasteiger partial charge on any atom is 0.258 e. The van der Waals surface area contributed by atoms with Gasteiger partial charge in [-0.2, -0.15) is 0 Å². The van der Waals surface area contributed by atoms with Crippen LogP contribution >= 0.6 is 22.9 Å². The molecule has 0 radical (unpaired) electrons. The fourth-order valence-electron chi connectivity index (χ4n) is 3.38. The molecule has 1 saturated heterocycles. The van der Waals surface area contributed by atoms with Gasteiger partial charge in [0.05, 0.1) is 17.2 Å². The molecule has 0 spiro atoms. The van der Waals surface area contributed by atoms with Crippen molar-refractivity contribution in [3.8, 4) is 10.4 Å². The van der Waals surface area contributed by atoms with Gasteiger partial charge in [-0.05, 0) is 43.9 Å². The van der Waals surface area contributed by atoms with Crippen molar-refractivity contribution >= 4 is 28.8 Å². The summed E-state index contributed by atoms with van der Waals surface area (Å²) in [5.74, 6) is -0.0957. The molecule has 2 atom stereocenters. The average molecular weight is 451 g/mol. The van der Waals surface area contributed by atoms with Gasteiger partial charge in [-0.25, -0.2) is 0 Å². The first-order chi connectivity index (χ1) is 14.3. The summed E-state index contributed by atoms with van der Waals surface area (Å²) in [5, 5.41) is 2.62. The van der Waals surface area contributed by atoms with Crippen molar-refractivity contribution in [1.29, 1.82) is 0 Å². The van der Waals surface area contributed by atoms with E-state index in [-0.39, 0.29) is 11.0 Å². The number of thiophene rings is 1. The van der Waals surface area contributed by atoms with Gasteiger partial charge in [0.15, 0.2) is 0 Å². The minimum atomic E-state index is -0.807. The van der Waals surface area contributed by atoms with E-state index in [0.717, 1.165) is 35.8 Å². The molecule has 30 heavy (non-hydrogen) atoms. The number of pyridine rings is 1. The van der Waals surface area contributed by atoms with Crippen LogP contribution in [0.4, 0.5) is 0 Å². The number of nitrogens with one attached hydrogen (secondary N) is 1. The molecule has 3 heterocycles. The van der Waals surface area contributed by atoms with Gasteiger partial charge in [0, 0.05) is 41.9 Å². The number of ether oxygens (including phenoxy) is 1. The highest BCUT2D eigenvalue weighted by atomic mass is 35.5. The Balaban J connectivity index is 1.92. The van der Waals surface area contributed by atoms with Crippen LogP contribution in [0.15, 0.2) is 41.5 Å². The Labute approximate surface area is 184 Å². The number of halogens is 1. The molecule has 9 heteroatoms. The summed E-state index contributed by atoms with van der Waals surface area (Å²) in [6.45, 7) is 4.17. The third-order valence-corrected chi connectivity index (χ3v) is 6.12. The second-order valence-corrected chi connectivity index (χ2v) is 9.20. The lowest BCUT2D eigenvalue weighted by atomic mass is 10.00. The molecule has 1 aliphatic rings. The maximum absolute atomic E-state index is 13.1. The van der Waals surface area contributed by atoms with Gasteiger partial charge in [0.2, 0.25) is 5.43 Å². The van der Waals surface area contributed by atoms with Gasteiger partial charge in [0.25, 0.3) is 5.91 Å². The van der Waals surface area contributed by atoms with Gasteiger partial charge < -0.3 is 26.1 Å². The zero-order valence-electron chi connectivity index (χ0n) is 16.8. The highest BCUT2D eigenvalue weighted by Crippen LogP contribution is 2.26. The van der Waals surface area contributed by atoms with E-state index in [4.69, 9.17) is 27.8 Å². The summed E-state index contributed by atoms with van der Waals surface area (Å²) in [6, 6.07) is 3.87. The highest BCUT2D eigenvalue weighted by Gasteiger charge is 2.20. The number of hydrogen-bond donors (Lipinski definition) is 3. The van der Waals surface area contributed by atoms with Crippen LogP contribution in [0, 0.1) is 12.8 Å². The van der Waals surface area contributed by atoms with E-state index in [0.29, 0.717) is 18.0 Å². The molecular formula is C21H27ClN4O3S. The monoisotopic (exact) mass is 450 g/mol. The molecule has 0 aliphatic carbocycles. The quantitative estimate of drug-likeness (QED) is 0.259.